The van der Waals surface area contributed by atoms with Crippen molar-refractivity contribution in [3.8, 4) is 0 Å². The molecule has 2 N–H and O–H groups in total. The second-order valence-corrected chi connectivity index (χ2v) is 5.49. The van der Waals surface area contributed by atoms with Crippen LogP contribution in [0.5, 0.6) is 0 Å². The Morgan fingerprint density at radius 2 is 2.19 bits per heavy atom. The highest BCUT2D eigenvalue weighted by Crippen LogP contribution is 2.11. The highest BCUT2D eigenvalue weighted by molar-refractivity contribution is 7.11. The molecule has 1 heterocycles. The predicted octanol–water partition coefficient (Wildman–Crippen LogP) is 1.76. The molecule has 2 rings (SSSR count). The molecule has 0 saturated heterocycles. The van der Waals surface area contributed by atoms with Gasteiger partial charge in [-0.25, -0.2) is 4.98 Å². The third-order valence-corrected chi connectivity index (χ3v) is 3.80. The van der Waals surface area contributed by atoms with Crippen LogP contribution in [0, 0.1) is 6.92 Å². The molecule has 0 spiro atoms. The third kappa shape index (κ3) is 4.93. The number of thiazole rings is 1. The summed E-state index contributed by atoms with van der Waals surface area (Å²) in [5, 5.41) is 12.5. The van der Waals surface area contributed by atoms with Crippen molar-refractivity contribution in [3.63, 3.8) is 0 Å². The summed E-state index contributed by atoms with van der Waals surface area (Å²) in [7, 11) is 0. The first-order valence-corrected chi connectivity index (χ1v) is 7.53. The van der Waals surface area contributed by atoms with Crippen molar-refractivity contribution in [3.05, 3.63) is 52.0 Å². The van der Waals surface area contributed by atoms with E-state index >= 15 is 0 Å². The van der Waals surface area contributed by atoms with Crippen molar-refractivity contribution in [2.75, 3.05) is 13.2 Å². The van der Waals surface area contributed by atoms with E-state index in [9.17, 15) is 9.90 Å². The molecule has 0 aliphatic carbocycles. The molecule has 0 aliphatic heterocycles. The van der Waals surface area contributed by atoms with Crippen molar-refractivity contribution in [1.82, 2.24) is 10.3 Å². The Hall–Kier alpha value is -1.76. The van der Waals surface area contributed by atoms with Gasteiger partial charge in [0, 0.05) is 6.54 Å². The number of aryl methyl sites for hydroxylation is 1. The van der Waals surface area contributed by atoms with Gasteiger partial charge in [-0.3, -0.25) is 4.79 Å². The number of aromatic nitrogens is 1. The molecule has 1 amide bonds. The number of aliphatic hydroxyl groups is 1. The Morgan fingerprint density at radius 3 is 2.86 bits per heavy atom. The summed E-state index contributed by atoms with van der Waals surface area (Å²) in [5.41, 5.74) is 3.38. The van der Waals surface area contributed by atoms with Crippen LogP contribution in [0.3, 0.4) is 0 Å². The minimum absolute atomic E-state index is 0.158. The number of ether oxygens (including phenoxy) is 1. The highest BCUT2D eigenvalue weighted by Gasteiger charge is 2.13. The SMILES string of the molecule is Cc1ncsc1C(=O)NC[C@@H](O)COCc1ccccc1. The van der Waals surface area contributed by atoms with Gasteiger partial charge in [-0.1, -0.05) is 30.3 Å². The molecule has 0 saturated carbocycles. The maximum absolute atomic E-state index is 11.8. The maximum atomic E-state index is 11.8. The monoisotopic (exact) mass is 306 g/mol. The van der Waals surface area contributed by atoms with E-state index in [0.29, 0.717) is 17.2 Å². The fourth-order valence-corrected chi connectivity index (χ4v) is 2.48. The predicted molar refractivity (Wildman–Crippen MR) is 81.3 cm³/mol. The zero-order valence-corrected chi connectivity index (χ0v) is 12.6. The minimum Gasteiger partial charge on any atom is -0.389 e. The van der Waals surface area contributed by atoms with Crippen LogP contribution in [0.25, 0.3) is 0 Å². The van der Waals surface area contributed by atoms with Crippen LogP contribution in [-0.4, -0.2) is 35.3 Å². The average molecular weight is 306 g/mol. The standard InChI is InChI=1S/C15H18N2O3S/c1-11-14(21-10-17-11)15(19)16-7-13(18)9-20-8-12-5-3-2-4-6-12/h2-6,10,13,18H,7-9H2,1H3,(H,16,19)/t13-/m1/s1. The molecular formula is C15H18N2O3S. The normalized spacial score (nSPS) is 12.1. The molecule has 1 atom stereocenters. The van der Waals surface area contributed by atoms with Gasteiger partial charge in [-0.05, 0) is 12.5 Å². The number of rotatable bonds is 7. The van der Waals surface area contributed by atoms with E-state index in [0.717, 1.165) is 5.56 Å². The van der Waals surface area contributed by atoms with Crippen LogP contribution in [0.15, 0.2) is 35.8 Å². The smallest absolute Gasteiger partial charge is 0.263 e. The van der Waals surface area contributed by atoms with E-state index in [1.54, 1.807) is 12.4 Å². The van der Waals surface area contributed by atoms with Crippen molar-refractivity contribution in [1.29, 1.82) is 0 Å². The highest BCUT2D eigenvalue weighted by atomic mass is 32.1. The Labute approximate surface area is 127 Å². The van der Waals surface area contributed by atoms with E-state index in [4.69, 9.17) is 4.74 Å². The second kappa shape index (κ2) is 7.87. The number of amides is 1. The molecule has 1 aromatic carbocycles. The lowest BCUT2D eigenvalue weighted by Crippen LogP contribution is -2.34. The van der Waals surface area contributed by atoms with Crippen LogP contribution in [0.2, 0.25) is 0 Å². The Morgan fingerprint density at radius 1 is 1.43 bits per heavy atom. The molecule has 21 heavy (non-hydrogen) atoms. The molecule has 112 valence electrons. The van der Waals surface area contributed by atoms with Crippen LogP contribution < -0.4 is 5.32 Å². The Bertz CT molecular complexity index is 571. The van der Waals surface area contributed by atoms with Gasteiger partial charge in [0.05, 0.1) is 30.5 Å². The summed E-state index contributed by atoms with van der Waals surface area (Å²) in [6.07, 6.45) is -0.731. The molecule has 0 unspecified atom stereocenters. The molecule has 0 radical (unpaired) electrons. The van der Waals surface area contributed by atoms with E-state index in [1.165, 1.54) is 11.3 Å². The molecule has 1 aromatic heterocycles. The van der Waals surface area contributed by atoms with Gasteiger partial charge >= 0.3 is 0 Å². The number of nitrogens with zero attached hydrogens (tertiary/aromatic N) is 1. The summed E-state index contributed by atoms with van der Waals surface area (Å²) >= 11 is 1.29. The van der Waals surface area contributed by atoms with E-state index < -0.39 is 6.10 Å². The molecule has 5 nitrogen and oxygen atoms in total. The van der Waals surface area contributed by atoms with Gasteiger partial charge < -0.3 is 15.2 Å². The molecule has 0 bridgehead atoms. The number of aliphatic hydroxyl groups excluding tert-OH is 1. The first-order chi connectivity index (χ1) is 10.2. The molecule has 6 heteroatoms. The lowest BCUT2D eigenvalue weighted by atomic mass is 10.2. The zero-order valence-electron chi connectivity index (χ0n) is 11.8. The fraction of sp³-hybridized carbons (Fsp3) is 0.333. The number of benzene rings is 1. The van der Waals surface area contributed by atoms with E-state index in [2.05, 4.69) is 10.3 Å². The van der Waals surface area contributed by atoms with Crippen molar-refractivity contribution < 1.29 is 14.6 Å². The topological polar surface area (TPSA) is 71.5 Å². The number of carbonyl (C=O) groups is 1. The van der Waals surface area contributed by atoms with Gasteiger partial charge in [0.15, 0.2) is 0 Å². The van der Waals surface area contributed by atoms with Gasteiger partial charge in [0.25, 0.3) is 5.91 Å². The lowest BCUT2D eigenvalue weighted by molar-refractivity contribution is 0.0285. The van der Waals surface area contributed by atoms with Gasteiger partial charge in [0.2, 0.25) is 0 Å². The van der Waals surface area contributed by atoms with Crippen molar-refractivity contribution >= 4 is 17.2 Å². The maximum Gasteiger partial charge on any atom is 0.263 e. The number of nitrogens with one attached hydrogen (secondary N) is 1. The van der Waals surface area contributed by atoms with Crippen molar-refractivity contribution in [2.24, 2.45) is 0 Å². The van der Waals surface area contributed by atoms with Gasteiger partial charge in [-0.2, -0.15) is 0 Å². The molecular weight excluding hydrogens is 288 g/mol. The molecule has 0 aliphatic rings. The first-order valence-electron chi connectivity index (χ1n) is 6.65. The summed E-state index contributed by atoms with van der Waals surface area (Å²) in [6.45, 7) is 2.56. The first kappa shape index (κ1) is 15.6. The van der Waals surface area contributed by atoms with E-state index in [-0.39, 0.29) is 19.1 Å². The number of hydrogen-bond acceptors (Lipinski definition) is 5. The van der Waals surface area contributed by atoms with Crippen LogP contribution in [-0.2, 0) is 11.3 Å². The van der Waals surface area contributed by atoms with Crippen LogP contribution in [0.4, 0.5) is 0 Å². The zero-order chi connectivity index (χ0) is 15.1. The summed E-state index contributed by atoms with van der Waals surface area (Å²) in [4.78, 5) is 16.4. The quantitative estimate of drug-likeness (QED) is 0.817. The molecule has 2 aromatic rings. The van der Waals surface area contributed by atoms with Crippen LogP contribution in [0.1, 0.15) is 20.9 Å². The second-order valence-electron chi connectivity index (χ2n) is 4.63. The largest absolute Gasteiger partial charge is 0.389 e. The van der Waals surface area contributed by atoms with Crippen LogP contribution >= 0.6 is 11.3 Å². The lowest BCUT2D eigenvalue weighted by Gasteiger charge is -2.12. The van der Waals surface area contributed by atoms with Gasteiger partial charge in [-0.15, -0.1) is 11.3 Å². The summed E-state index contributed by atoms with van der Waals surface area (Å²) in [6, 6.07) is 9.73. The number of hydrogen-bond donors (Lipinski definition) is 2. The average Bonchev–Trinajstić information content (AvgIpc) is 2.92. The Balaban J connectivity index is 1.67. The fourth-order valence-electron chi connectivity index (χ4n) is 1.76. The van der Waals surface area contributed by atoms with Crippen molar-refractivity contribution in [2.45, 2.75) is 19.6 Å². The van der Waals surface area contributed by atoms with E-state index in [1.807, 2.05) is 30.3 Å². The van der Waals surface area contributed by atoms with Gasteiger partial charge in [0.1, 0.15) is 4.88 Å². The summed E-state index contributed by atoms with van der Waals surface area (Å²) < 4.78 is 5.42. The molecule has 0 fully saturated rings. The Kier molecular flexibility index (Phi) is 5.86. The summed E-state index contributed by atoms with van der Waals surface area (Å²) in [5.74, 6) is -0.211. The third-order valence-electron chi connectivity index (χ3n) is 2.87. The number of carbonyl (C=O) groups excluding carboxylic acids is 1. The minimum atomic E-state index is -0.731.